The van der Waals surface area contributed by atoms with Crippen LogP contribution in [0.1, 0.15) is 59.7 Å². The van der Waals surface area contributed by atoms with Crippen molar-refractivity contribution >= 4 is 40.0 Å². The summed E-state index contributed by atoms with van der Waals surface area (Å²) in [5, 5.41) is 2.48. The average molecular weight is 697 g/mol. The molecule has 8 aromatic rings. The monoisotopic (exact) mass is 696 g/mol. The molecule has 0 spiro atoms. The van der Waals surface area contributed by atoms with Crippen LogP contribution in [-0.2, 0) is 0 Å². The summed E-state index contributed by atoms with van der Waals surface area (Å²) >= 11 is 0. The maximum absolute atomic E-state index is 4.29. The van der Waals surface area contributed by atoms with Crippen molar-refractivity contribution in [2.75, 3.05) is 0 Å². The molecule has 1 atom stereocenters. The van der Waals surface area contributed by atoms with Crippen LogP contribution in [0.25, 0.3) is 84.8 Å². The Kier molecular flexibility index (Phi) is 8.39. The lowest BCUT2D eigenvalue weighted by Crippen LogP contribution is -2.06. The normalized spacial score (nSPS) is 14.0. The van der Waals surface area contributed by atoms with Gasteiger partial charge in [0.25, 0.3) is 0 Å². The van der Waals surface area contributed by atoms with Gasteiger partial charge in [0.05, 0.1) is 16.7 Å². The van der Waals surface area contributed by atoms with E-state index < -0.39 is 0 Å². The first-order valence-corrected chi connectivity index (χ1v) is 19.1. The molecular formula is C52H44N2. The predicted octanol–water partition coefficient (Wildman–Crippen LogP) is 14.4. The molecule has 1 aliphatic carbocycles. The standard InChI is InChI=1S/C52H44N2/c1-6-14-44-48-31-39(24-28-50(48)54(49(44)7-2)41-26-22-38(23-27-41)37-17-9-8-10-18-37)47-32-40-29-30-53(52(40)51-36(5)16-13-20-45(47)51)42-25-21-35(4)46(33-42)43-19-12-11-15-34(43)3/h6-15,17-33,36H,2,16H2,1,3-5H3/b14-6-. The van der Waals surface area contributed by atoms with Crippen molar-refractivity contribution in [3.8, 4) is 44.8 Å². The van der Waals surface area contributed by atoms with Crippen LogP contribution in [0.4, 0.5) is 0 Å². The summed E-state index contributed by atoms with van der Waals surface area (Å²) < 4.78 is 4.77. The molecule has 6 aromatic carbocycles. The highest BCUT2D eigenvalue weighted by molar-refractivity contribution is 6.01. The van der Waals surface area contributed by atoms with Gasteiger partial charge in [-0.05, 0) is 143 Å². The molecule has 262 valence electrons. The third kappa shape index (κ3) is 5.49. The number of aryl methyl sites for hydroxylation is 2. The Morgan fingerprint density at radius 3 is 2.19 bits per heavy atom. The van der Waals surface area contributed by atoms with Gasteiger partial charge in [-0.25, -0.2) is 0 Å². The minimum Gasteiger partial charge on any atom is -0.316 e. The van der Waals surface area contributed by atoms with Crippen molar-refractivity contribution in [3.63, 3.8) is 0 Å². The van der Waals surface area contributed by atoms with E-state index in [1.807, 2.05) is 6.08 Å². The number of nitrogens with zero attached hydrogens (tertiary/aromatic N) is 2. The van der Waals surface area contributed by atoms with E-state index in [-0.39, 0.29) is 0 Å². The largest absolute Gasteiger partial charge is 0.316 e. The number of allylic oxidation sites excluding steroid dienone is 2. The van der Waals surface area contributed by atoms with Gasteiger partial charge in [0.15, 0.2) is 0 Å². The molecule has 0 saturated carbocycles. The maximum Gasteiger partial charge on any atom is 0.0569 e. The fraction of sp³-hybridized carbons (Fsp3) is 0.115. The molecule has 0 aliphatic heterocycles. The molecule has 1 aliphatic rings. The highest BCUT2D eigenvalue weighted by atomic mass is 15.0. The first-order valence-electron chi connectivity index (χ1n) is 19.1. The molecule has 0 fully saturated rings. The highest BCUT2D eigenvalue weighted by Gasteiger charge is 2.24. The molecule has 54 heavy (non-hydrogen) atoms. The summed E-state index contributed by atoms with van der Waals surface area (Å²) in [4.78, 5) is 0. The van der Waals surface area contributed by atoms with Crippen molar-refractivity contribution < 1.29 is 0 Å². The van der Waals surface area contributed by atoms with E-state index in [9.17, 15) is 0 Å². The van der Waals surface area contributed by atoms with Crippen molar-refractivity contribution in [2.45, 2.75) is 40.0 Å². The van der Waals surface area contributed by atoms with E-state index >= 15 is 0 Å². The van der Waals surface area contributed by atoms with Crippen molar-refractivity contribution in [1.82, 2.24) is 9.13 Å². The third-order valence-electron chi connectivity index (χ3n) is 11.4. The Labute approximate surface area is 318 Å². The Bertz CT molecular complexity index is 2780. The molecular weight excluding hydrogens is 653 g/mol. The Balaban J connectivity index is 1.20. The molecule has 0 amide bonds. The maximum atomic E-state index is 4.29. The van der Waals surface area contributed by atoms with Crippen molar-refractivity contribution in [2.24, 2.45) is 0 Å². The molecule has 2 heterocycles. The van der Waals surface area contributed by atoms with Crippen LogP contribution in [0, 0.1) is 13.8 Å². The van der Waals surface area contributed by atoms with Gasteiger partial charge < -0.3 is 9.13 Å². The number of hydrogen-bond donors (Lipinski definition) is 0. The van der Waals surface area contributed by atoms with Gasteiger partial charge in [-0.1, -0.05) is 117 Å². The molecule has 0 bridgehead atoms. The fourth-order valence-electron chi connectivity index (χ4n) is 8.68. The molecule has 2 aromatic heterocycles. The van der Waals surface area contributed by atoms with E-state index in [4.69, 9.17) is 0 Å². The second-order valence-electron chi connectivity index (χ2n) is 14.7. The van der Waals surface area contributed by atoms with Crippen LogP contribution in [0.5, 0.6) is 0 Å². The minimum atomic E-state index is 0.386. The zero-order valence-corrected chi connectivity index (χ0v) is 31.5. The van der Waals surface area contributed by atoms with Gasteiger partial charge in [-0.15, -0.1) is 0 Å². The lowest BCUT2D eigenvalue weighted by molar-refractivity contribution is 0.775. The summed E-state index contributed by atoms with van der Waals surface area (Å²) in [7, 11) is 0. The first kappa shape index (κ1) is 33.5. The van der Waals surface area contributed by atoms with E-state index in [1.165, 1.54) is 88.7 Å². The molecule has 9 rings (SSSR count). The SMILES string of the molecule is C=Cc1c(/C=C\C)c2cc(-c3cc4ccn(-c5ccc(C)c(-c6ccccc6C)c5)c4c4c3C=CCC4C)ccc2n1-c1ccc(-c2ccccc2)cc1. The molecule has 2 heteroatoms. The number of fused-ring (bicyclic) bond motifs is 4. The summed E-state index contributed by atoms with van der Waals surface area (Å²) in [6.45, 7) is 13.2. The third-order valence-corrected chi connectivity index (χ3v) is 11.4. The molecule has 0 radical (unpaired) electrons. The fourth-order valence-corrected chi connectivity index (χ4v) is 8.68. The minimum absolute atomic E-state index is 0.386. The second-order valence-corrected chi connectivity index (χ2v) is 14.7. The van der Waals surface area contributed by atoms with Crippen LogP contribution in [0.15, 0.2) is 152 Å². The molecule has 0 saturated heterocycles. The lowest BCUT2D eigenvalue weighted by atomic mass is 9.82. The topological polar surface area (TPSA) is 9.86 Å². The van der Waals surface area contributed by atoms with E-state index in [0.29, 0.717) is 5.92 Å². The smallest absolute Gasteiger partial charge is 0.0569 e. The molecule has 0 N–H and O–H groups in total. The number of aromatic nitrogens is 2. The summed E-state index contributed by atoms with van der Waals surface area (Å²) in [5.74, 6) is 0.386. The Hall–Kier alpha value is -6.38. The van der Waals surface area contributed by atoms with Crippen molar-refractivity contribution in [3.05, 3.63) is 186 Å². The highest BCUT2D eigenvalue weighted by Crippen LogP contribution is 2.44. The quantitative estimate of drug-likeness (QED) is 0.157. The predicted molar refractivity (Wildman–Crippen MR) is 233 cm³/mol. The van der Waals surface area contributed by atoms with E-state index in [0.717, 1.165) is 17.8 Å². The van der Waals surface area contributed by atoms with Crippen LogP contribution in [0.2, 0.25) is 0 Å². The van der Waals surface area contributed by atoms with Crippen LogP contribution < -0.4 is 0 Å². The van der Waals surface area contributed by atoms with Gasteiger partial charge >= 0.3 is 0 Å². The van der Waals surface area contributed by atoms with E-state index in [1.54, 1.807) is 0 Å². The summed E-state index contributed by atoms with van der Waals surface area (Å²) in [6, 6.07) is 46.8. The van der Waals surface area contributed by atoms with E-state index in [2.05, 4.69) is 201 Å². The van der Waals surface area contributed by atoms with Crippen LogP contribution in [0.3, 0.4) is 0 Å². The Morgan fingerprint density at radius 1 is 0.685 bits per heavy atom. The van der Waals surface area contributed by atoms with Crippen molar-refractivity contribution in [1.29, 1.82) is 0 Å². The zero-order chi connectivity index (χ0) is 36.9. The zero-order valence-electron chi connectivity index (χ0n) is 31.5. The van der Waals surface area contributed by atoms with Gasteiger partial charge in [0.2, 0.25) is 0 Å². The molecule has 2 nitrogen and oxygen atoms in total. The van der Waals surface area contributed by atoms with Gasteiger partial charge in [0.1, 0.15) is 0 Å². The average Bonchev–Trinajstić information content (AvgIpc) is 3.77. The van der Waals surface area contributed by atoms with Gasteiger partial charge in [-0.2, -0.15) is 0 Å². The molecule has 1 unspecified atom stereocenters. The summed E-state index contributed by atoms with van der Waals surface area (Å²) in [6.07, 6.45) is 14.4. The number of benzene rings is 6. The number of rotatable bonds is 7. The van der Waals surface area contributed by atoms with Gasteiger partial charge in [0, 0.05) is 33.9 Å². The summed E-state index contributed by atoms with van der Waals surface area (Å²) in [5.41, 5.74) is 19.9. The second kappa shape index (κ2) is 13.5. The van der Waals surface area contributed by atoms with Gasteiger partial charge in [-0.3, -0.25) is 0 Å². The first-order chi connectivity index (χ1) is 26.4. The Morgan fingerprint density at radius 2 is 1.41 bits per heavy atom. The number of hydrogen-bond acceptors (Lipinski definition) is 0. The van der Waals surface area contributed by atoms with Crippen LogP contribution in [-0.4, -0.2) is 9.13 Å². The lowest BCUT2D eigenvalue weighted by Gasteiger charge is -2.24. The van der Waals surface area contributed by atoms with Crippen LogP contribution >= 0.6 is 0 Å².